The maximum Gasteiger partial charge on any atom is 0.213 e. The van der Waals surface area contributed by atoms with Gasteiger partial charge in [0.25, 0.3) is 0 Å². The van der Waals surface area contributed by atoms with Crippen molar-refractivity contribution < 1.29 is 4.39 Å². The summed E-state index contributed by atoms with van der Waals surface area (Å²) in [6.45, 7) is 4.22. The molecule has 7 heteroatoms. The summed E-state index contributed by atoms with van der Waals surface area (Å²) in [6.07, 6.45) is 5.34. The Morgan fingerprint density at radius 3 is 2.88 bits per heavy atom. The number of anilines is 1. The predicted octanol–water partition coefficient (Wildman–Crippen LogP) is 3.09. The largest absolute Gasteiger partial charge is 0.349 e. The second kappa shape index (κ2) is 6.43. The van der Waals surface area contributed by atoms with Gasteiger partial charge in [-0.05, 0) is 31.2 Å². The van der Waals surface area contributed by atoms with Gasteiger partial charge in [-0.1, -0.05) is 6.07 Å². The molecule has 0 saturated heterocycles. The highest BCUT2D eigenvalue weighted by atomic mass is 19.1. The lowest BCUT2D eigenvalue weighted by molar-refractivity contribution is 0.584. The summed E-state index contributed by atoms with van der Waals surface area (Å²) in [5.74, 6) is 1.02. The number of hydrogen-bond acceptors (Lipinski definition) is 5. The highest BCUT2D eigenvalue weighted by molar-refractivity contribution is 5.95. The first-order valence-corrected chi connectivity index (χ1v) is 8.15. The number of halogens is 1. The van der Waals surface area contributed by atoms with Gasteiger partial charge in [-0.15, -0.1) is 0 Å². The van der Waals surface area contributed by atoms with Crippen LogP contribution in [0.3, 0.4) is 0 Å². The van der Waals surface area contributed by atoms with Crippen molar-refractivity contribution in [2.75, 3.05) is 18.0 Å². The fourth-order valence-electron chi connectivity index (χ4n) is 2.97. The van der Waals surface area contributed by atoms with Crippen LogP contribution in [0, 0.1) is 5.95 Å². The molecule has 1 aliphatic rings. The molecule has 3 aromatic rings. The third-order valence-corrected chi connectivity index (χ3v) is 4.11. The molecule has 0 saturated carbocycles. The molecule has 0 atom stereocenters. The standard InChI is InChI=1S/C18H17FN6/c1-2-24-11-13(22-14-6-4-8-20-17(14)24)12-25-10-9-21-18(25)15-5-3-7-16(19)23-15/h3-10H,2,11-12H2,1H3. The molecular formula is C18H17FN6. The number of imidazole rings is 1. The van der Waals surface area contributed by atoms with Crippen LogP contribution in [0.15, 0.2) is 53.9 Å². The summed E-state index contributed by atoms with van der Waals surface area (Å²) in [7, 11) is 0. The van der Waals surface area contributed by atoms with Crippen LogP contribution < -0.4 is 4.90 Å². The summed E-state index contributed by atoms with van der Waals surface area (Å²) in [5, 5.41) is 0. The molecule has 0 bridgehead atoms. The Bertz CT molecular complexity index is 933. The van der Waals surface area contributed by atoms with Crippen molar-refractivity contribution in [3.8, 4) is 11.5 Å². The van der Waals surface area contributed by atoms with Crippen LogP contribution in [0.4, 0.5) is 15.9 Å². The van der Waals surface area contributed by atoms with Crippen molar-refractivity contribution in [1.29, 1.82) is 0 Å². The van der Waals surface area contributed by atoms with E-state index in [0.29, 0.717) is 24.6 Å². The van der Waals surface area contributed by atoms with Crippen molar-refractivity contribution in [3.05, 3.63) is 54.9 Å². The van der Waals surface area contributed by atoms with Crippen molar-refractivity contribution in [1.82, 2.24) is 19.5 Å². The van der Waals surface area contributed by atoms with Gasteiger partial charge in [0.1, 0.15) is 11.4 Å². The first-order valence-electron chi connectivity index (χ1n) is 8.15. The van der Waals surface area contributed by atoms with E-state index >= 15 is 0 Å². The lowest BCUT2D eigenvalue weighted by atomic mass is 10.2. The second-order valence-corrected chi connectivity index (χ2v) is 5.76. The fourth-order valence-corrected chi connectivity index (χ4v) is 2.97. The average Bonchev–Trinajstić information content (AvgIpc) is 3.09. The number of pyridine rings is 2. The van der Waals surface area contributed by atoms with Crippen molar-refractivity contribution in [2.24, 2.45) is 4.99 Å². The third kappa shape index (κ3) is 3.00. The molecule has 1 aliphatic heterocycles. The zero-order valence-electron chi connectivity index (χ0n) is 13.8. The quantitative estimate of drug-likeness (QED) is 0.687. The summed E-state index contributed by atoms with van der Waals surface area (Å²) in [4.78, 5) is 19.6. The van der Waals surface area contributed by atoms with Gasteiger partial charge in [-0.2, -0.15) is 4.39 Å². The lowest BCUT2D eigenvalue weighted by Crippen LogP contribution is -2.34. The number of hydrogen-bond donors (Lipinski definition) is 0. The molecule has 0 unspecified atom stereocenters. The first kappa shape index (κ1) is 15.4. The lowest BCUT2D eigenvalue weighted by Gasteiger charge is -2.28. The topological polar surface area (TPSA) is 59.2 Å². The monoisotopic (exact) mass is 336 g/mol. The SMILES string of the molecule is CCN1CC(Cn2ccnc2-c2cccc(F)n2)=Nc2cccnc21. The van der Waals surface area contributed by atoms with Gasteiger partial charge in [-0.25, -0.2) is 15.0 Å². The first-order chi connectivity index (χ1) is 12.2. The number of aliphatic imine (C=N–C) groups is 1. The molecule has 3 aromatic heterocycles. The van der Waals surface area contributed by atoms with Crippen LogP contribution in [-0.2, 0) is 6.54 Å². The van der Waals surface area contributed by atoms with Crippen molar-refractivity contribution >= 4 is 17.2 Å². The van der Waals surface area contributed by atoms with Crippen LogP contribution >= 0.6 is 0 Å². The Morgan fingerprint density at radius 1 is 1.12 bits per heavy atom. The minimum atomic E-state index is -0.515. The molecule has 126 valence electrons. The molecule has 0 N–H and O–H groups in total. The van der Waals surface area contributed by atoms with E-state index in [1.807, 2.05) is 22.9 Å². The number of nitrogens with zero attached hydrogens (tertiary/aromatic N) is 6. The van der Waals surface area contributed by atoms with E-state index in [1.54, 1.807) is 24.5 Å². The summed E-state index contributed by atoms with van der Waals surface area (Å²) < 4.78 is 15.4. The van der Waals surface area contributed by atoms with E-state index in [2.05, 4.69) is 26.8 Å². The highest BCUT2D eigenvalue weighted by Gasteiger charge is 2.20. The van der Waals surface area contributed by atoms with Crippen LogP contribution in [0.25, 0.3) is 11.5 Å². The van der Waals surface area contributed by atoms with Gasteiger partial charge >= 0.3 is 0 Å². The van der Waals surface area contributed by atoms with Crippen LogP contribution in [0.5, 0.6) is 0 Å². The Labute approximate surface area is 144 Å². The third-order valence-electron chi connectivity index (χ3n) is 4.11. The second-order valence-electron chi connectivity index (χ2n) is 5.76. The number of aromatic nitrogens is 4. The molecule has 4 heterocycles. The molecule has 0 fully saturated rings. The predicted molar refractivity (Wildman–Crippen MR) is 94.6 cm³/mol. The molecular weight excluding hydrogens is 319 g/mol. The molecule has 4 rings (SSSR count). The maximum absolute atomic E-state index is 13.4. The Morgan fingerprint density at radius 2 is 2.04 bits per heavy atom. The van der Waals surface area contributed by atoms with E-state index in [-0.39, 0.29) is 0 Å². The smallest absolute Gasteiger partial charge is 0.213 e. The maximum atomic E-state index is 13.4. The van der Waals surface area contributed by atoms with Gasteiger partial charge in [-0.3, -0.25) is 4.99 Å². The van der Waals surface area contributed by atoms with Crippen LogP contribution in [0.1, 0.15) is 6.92 Å². The summed E-state index contributed by atoms with van der Waals surface area (Å²) >= 11 is 0. The van der Waals surface area contributed by atoms with Crippen molar-refractivity contribution in [2.45, 2.75) is 13.5 Å². The van der Waals surface area contributed by atoms with Gasteiger partial charge in [0, 0.05) is 25.1 Å². The minimum Gasteiger partial charge on any atom is -0.349 e. The molecule has 0 radical (unpaired) electrons. The number of fused-ring (bicyclic) bond motifs is 1. The van der Waals surface area contributed by atoms with Gasteiger partial charge in [0.05, 0.1) is 18.8 Å². The van der Waals surface area contributed by atoms with Gasteiger partial charge in [0.2, 0.25) is 5.95 Å². The summed E-state index contributed by atoms with van der Waals surface area (Å²) in [6, 6.07) is 8.56. The van der Waals surface area contributed by atoms with E-state index in [0.717, 1.165) is 23.8 Å². The van der Waals surface area contributed by atoms with Crippen molar-refractivity contribution in [3.63, 3.8) is 0 Å². The molecule has 0 spiro atoms. The average molecular weight is 336 g/mol. The molecule has 0 aromatic carbocycles. The molecule has 0 aliphatic carbocycles. The minimum absolute atomic E-state index is 0.510. The molecule has 0 amide bonds. The highest BCUT2D eigenvalue weighted by Crippen LogP contribution is 2.29. The Balaban J connectivity index is 1.66. The van der Waals surface area contributed by atoms with E-state index in [9.17, 15) is 4.39 Å². The fraction of sp³-hybridized carbons (Fsp3) is 0.222. The van der Waals surface area contributed by atoms with E-state index < -0.39 is 5.95 Å². The van der Waals surface area contributed by atoms with E-state index in [1.165, 1.54) is 6.07 Å². The number of rotatable bonds is 4. The Kier molecular flexibility index (Phi) is 3.97. The summed E-state index contributed by atoms with van der Waals surface area (Å²) in [5.41, 5.74) is 2.38. The zero-order chi connectivity index (χ0) is 17.2. The normalized spacial score (nSPS) is 13.5. The molecule has 25 heavy (non-hydrogen) atoms. The van der Waals surface area contributed by atoms with Gasteiger partial charge in [0.15, 0.2) is 11.6 Å². The molecule has 6 nitrogen and oxygen atoms in total. The Hall–Kier alpha value is -3.09. The zero-order valence-corrected chi connectivity index (χ0v) is 13.8. The van der Waals surface area contributed by atoms with E-state index in [4.69, 9.17) is 4.99 Å². The van der Waals surface area contributed by atoms with Crippen LogP contribution in [-0.4, -0.2) is 38.3 Å². The van der Waals surface area contributed by atoms with Crippen LogP contribution in [0.2, 0.25) is 0 Å². The van der Waals surface area contributed by atoms with Gasteiger partial charge < -0.3 is 9.47 Å².